The molecule has 0 aromatic heterocycles. The second kappa shape index (κ2) is 4.31. The van der Waals surface area contributed by atoms with Gasteiger partial charge in [-0.2, -0.15) is 0 Å². The third kappa shape index (κ3) is 2.86. The molecule has 0 aromatic rings. The quantitative estimate of drug-likeness (QED) is 0.568. The minimum absolute atomic E-state index is 0.255. The first-order valence-electron chi connectivity index (χ1n) is 3.68. The highest BCUT2D eigenvalue weighted by Gasteiger charge is 2.20. The number of carbonyl (C=O) groups is 1. The summed E-state index contributed by atoms with van der Waals surface area (Å²) in [4.78, 5) is 12.0. The van der Waals surface area contributed by atoms with Gasteiger partial charge in [-0.05, 0) is 13.8 Å². The number of rotatable bonds is 3. The zero-order valence-electron chi connectivity index (χ0n) is 7.11. The Morgan fingerprint density at radius 3 is 1.82 bits per heavy atom. The third-order valence-corrected chi connectivity index (χ3v) is 1.40. The minimum Gasteiger partial charge on any atom is -0.374 e. The van der Waals surface area contributed by atoms with Crippen LogP contribution in [0.15, 0.2) is 0 Å². The third-order valence-electron chi connectivity index (χ3n) is 1.40. The summed E-state index contributed by atoms with van der Waals surface area (Å²) in [5, 5.41) is 18.1. The average molecular weight is 161 g/mol. The van der Waals surface area contributed by atoms with Gasteiger partial charge in [-0.3, -0.25) is 9.69 Å². The van der Waals surface area contributed by atoms with Crippen molar-refractivity contribution < 1.29 is 15.0 Å². The Labute approximate surface area is 66.4 Å². The molecule has 0 aliphatic heterocycles. The molecule has 0 aliphatic rings. The number of carbonyl (C=O) groups excluding carboxylic acids is 1. The molecule has 0 fully saturated rings. The van der Waals surface area contributed by atoms with Crippen LogP contribution in [-0.2, 0) is 4.79 Å². The van der Waals surface area contributed by atoms with Gasteiger partial charge in [0.1, 0.15) is 12.5 Å². The zero-order chi connectivity index (χ0) is 9.02. The molecule has 0 aromatic carbocycles. The molecule has 0 rings (SSSR count). The summed E-state index contributed by atoms with van der Waals surface area (Å²) in [7, 11) is 0. The summed E-state index contributed by atoms with van der Waals surface area (Å²) in [5.74, 6) is -0.255. The van der Waals surface area contributed by atoms with E-state index in [1.807, 2.05) is 0 Å². The van der Waals surface area contributed by atoms with E-state index in [1.165, 1.54) is 13.8 Å². The average Bonchev–Trinajstić information content (AvgIpc) is 1.85. The lowest BCUT2D eigenvalue weighted by Gasteiger charge is -2.27. The van der Waals surface area contributed by atoms with E-state index in [2.05, 4.69) is 0 Å². The highest BCUT2D eigenvalue weighted by Crippen LogP contribution is 2.03. The SMILES string of the molecule is CCC(=O)N(C(C)O)C(C)O. The predicted molar refractivity (Wildman–Crippen MR) is 40.5 cm³/mol. The molecule has 2 atom stereocenters. The van der Waals surface area contributed by atoms with E-state index < -0.39 is 12.5 Å². The van der Waals surface area contributed by atoms with Crippen molar-refractivity contribution in [3.63, 3.8) is 0 Å². The second-order valence-corrected chi connectivity index (χ2v) is 2.42. The minimum atomic E-state index is -0.928. The van der Waals surface area contributed by atoms with Crippen molar-refractivity contribution in [1.29, 1.82) is 0 Å². The first-order valence-corrected chi connectivity index (χ1v) is 3.68. The van der Waals surface area contributed by atoms with E-state index in [0.29, 0.717) is 0 Å². The molecule has 0 bridgehead atoms. The molecule has 4 heteroatoms. The molecule has 1 amide bonds. The Hall–Kier alpha value is -0.610. The van der Waals surface area contributed by atoms with Gasteiger partial charge in [0.25, 0.3) is 0 Å². The Kier molecular flexibility index (Phi) is 4.07. The Bertz CT molecular complexity index is 126. The highest BCUT2D eigenvalue weighted by molar-refractivity contribution is 5.76. The number of nitrogens with zero attached hydrogens (tertiary/aromatic N) is 1. The van der Waals surface area contributed by atoms with Crippen LogP contribution in [0.2, 0.25) is 0 Å². The number of aliphatic hydroxyl groups is 2. The van der Waals surface area contributed by atoms with Crippen LogP contribution in [-0.4, -0.2) is 33.5 Å². The van der Waals surface area contributed by atoms with Crippen LogP contribution < -0.4 is 0 Å². The first kappa shape index (κ1) is 10.4. The van der Waals surface area contributed by atoms with Gasteiger partial charge in [0.05, 0.1) is 0 Å². The number of aliphatic hydroxyl groups excluding tert-OH is 2. The molecule has 2 unspecified atom stereocenters. The number of hydrogen-bond donors (Lipinski definition) is 2. The molecule has 0 radical (unpaired) electrons. The second-order valence-electron chi connectivity index (χ2n) is 2.42. The highest BCUT2D eigenvalue weighted by atomic mass is 16.3. The lowest BCUT2D eigenvalue weighted by Crippen LogP contribution is -2.44. The lowest BCUT2D eigenvalue weighted by atomic mass is 10.3. The van der Waals surface area contributed by atoms with Crippen LogP contribution in [0, 0.1) is 0 Å². The van der Waals surface area contributed by atoms with Crippen LogP contribution in [0.4, 0.5) is 0 Å². The van der Waals surface area contributed by atoms with Crippen LogP contribution in [0.25, 0.3) is 0 Å². The molecule has 0 heterocycles. The van der Waals surface area contributed by atoms with E-state index in [-0.39, 0.29) is 12.3 Å². The van der Waals surface area contributed by atoms with E-state index in [0.717, 1.165) is 4.90 Å². The van der Waals surface area contributed by atoms with Crippen molar-refractivity contribution in [2.45, 2.75) is 39.6 Å². The molecule has 0 aliphatic carbocycles. The molecular formula is C7H15NO3. The van der Waals surface area contributed by atoms with Crippen LogP contribution in [0.5, 0.6) is 0 Å². The molecule has 0 saturated carbocycles. The topological polar surface area (TPSA) is 60.8 Å². The fourth-order valence-corrected chi connectivity index (χ4v) is 0.912. The van der Waals surface area contributed by atoms with Gasteiger partial charge < -0.3 is 10.2 Å². The predicted octanol–water partition coefficient (Wildman–Crippen LogP) is -0.0984. The summed E-state index contributed by atoms with van der Waals surface area (Å²) in [6.45, 7) is 4.57. The zero-order valence-corrected chi connectivity index (χ0v) is 7.11. The molecule has 66 valence electrons. The maximum absolute atomic E-state index is 11.0. The smallest absolute Gasteiger partial charge is 0.226 e. The van der Waals surface area contributed by atoms with Gasteiger partial charge in [0.2, 0.25) is 5.91 Å². The van der Waals surface area contributed by atoms with Crippen molar-refractivity contribution in [2.24, 2.45) is 0 Å². The number of hydrogen-bond acceptors (Lipinski definition) is 3. The summed E-state index contributed by atoms with van der Waals surface area (Å²) >= 11 is 0. The maximum atomic E-state index is 11.0. The summed E-state index contributed by atoms with van der Waals surface area (Å²) in [6.07, 6.45) is -1.57. The van der Waals surface area contributed by atoms with Crippen molar-refractivity contribution in [2.75, 3.05) is 0 Å². The van der Waals surface area contributed by atoms with Crippen molar-refractivity contribution in [3.05, 3.63) is 0 Å². The Morgan fingerprint density at radius 1 is 1.36 bits per heavy atom. The number of amides is 1. The van der Waals surface area contributed by atoms with Gasteiger partial charge in [0, 0.05) is 6.42 Å². The lowest BCUT2D eigenvalue weighted by molar-refractivity contribution is -0.155. The van der Waals surface area contributed by atoms with Gasteiger partial charge in [-0.1, -0.05) is 6.92 Å². The van der Waals surface area contributed by atoms with E-state index in [4.69, 9.17) is 10.2 Å². The molecule has 0 spiro atoms. The van der Waals surface area contributed by atoms with Gasteiger partial charge in [-0.15, -0.1) is 0 Å². The van der Waals surface area contributed by atoms with Crippen molar-refractivity contribution >= 4 is 5.91 Å². The molecular weight excluding hydrogens is 146 g/mol. The fraction of sp³-hybridized carbons (Fsp3) is 0.857. The first-order chi connectivity index (χ1) is 5.00. The molecule has 0 saturated heterocycles. The van der Waals surface area contributed by atoms with Crippen LogP contribution in [0.1, 0.15) is 27.2 Å². The van der Waals surface area contributed by atoms with Crippen molar-refractivity contribution in [1.82, 2.24) is 4.90 Å². The van der Waals surface area contributed by atoms with Gasteiger partial charge >= 0.3 is 0 Å². The molecule has 11 heavy (non-hydrogen) atoms. The van der Waals surface area contributed by atoms with Crippen molar-refractivity contribution in [3.8, 4) is 0 Å². The van der Waals surface area contributed by atoms with Gasteiger partial charge in [-0.25, -0.2) is 0 Å². The maximum Gasteiger partial charge on any atom is 0.226 e. The molecule has 2 N–H and O–H groups in total. The van der Waals surface area contributed by atoms with E-state index in [9.17, 15) is 4.79 Å². The monoisotopic (exact) mass is 161 g/mol. The van der Waals surface area contributed by atoms with E-state index in [1.54, 1.807) is 6.92 Å². The van der Waals surface area contributed by atoms with Crippen LogP contribution >= 0.6 is 0 Å². The fourth-order valence-electron chi connectivity index (χ4n) is 0.912. The molecule has 4 nitrogen and oxygen atoms in total. The van der Waals surface area contributed by atoms with E-state index >= 15 is 0 Å². The summed E-state index contributed by atoms with van der Waals surface area (Å²) in [6, 6.07) is 0. The normalized spacial score (nSPS) is 15.7. The summed E-state index contributed by atoms with van der Waals surface area (Å²) < 4.78 is 0. The standard InChI is InChI=1S/C7H15NO3/c1-4-7(11)8(5(2)9)6(3)10/h5-6,9-10H,4H2,1-3H3. The largest absolute Gasteiger partial charge is 0.374 e. The Morgan fingerprint density at radius 2 is 1.73 bits per heavy atom. The van der Waals surface area contributed by atoms with Gasteiger partial charge in [0.15, 0.2) is 0 Å². The Balaban J connectivity index is 4.22. The van der Waals surface area contributed by atoms with Crippen LogP contribution in [0.3, 0.4) is 0 Å². The summed E-state index contributed by atoms with van der Waals surface area (Å²) in [5.41, 5.74) is 0.